The van der Waals surface area contributed by atoms with E-state index >= 15 is 0 Å². The Kier molecular flexibility index (Phi) is 11.3. The van der Waals surface area contributed by atoms with Gasteiger partial charge < -0.3 is 19.9 Å². The topological polar surface area (TPSA) is 142 Å². The number of likely N-dealkylation sites (tertiary alicyclic amines) is 2. The first-order chi connectivity index (χ1) is 28.3. The fourth-order valence-electron chi connectivity index (χ4n) is 9.11. The molecule has 0 bridgehead atoms. The molecule has 2 aromatic carbocycles. The van der Waals surface area contributed by atoms with Crippen molar-refractivity contribution in [1.29, 1.82) is 0 Å². The van der Waals surface area contributed by atoms with E-state index in [-0.39, 0.29) is 41.9 Å². The fraction of sp³-hybridized carbons (Fsp3) is 0.476. The second kappa shape index (κ2) is 16.4. The van der Waals surface area contributed by atoms with Crippen LogP contribution in [-0.4, -0.2) is 94.7 Å². The van der Waals surface area contributed by atoms with Crippen LogP contribution in [0.15, 0.2) is 54.7 Å². The van der Waals surface area contributed by atoms with E-state index in [2.05, 4.69) is 20.5 Å². The van der Waals surface area contributed by atoms with Crippen molar-refractivity contribution in [1.82, 2.24) is 29.9 Å². The molecule has 1 aliphatic carbocycles. The van der Waals surface area contributed by atoms with Gasteiger partial charge in [-0.2, -0.15) is 18.3 Å². The number of nitrogens with zero attached hydrogens (tertiary/aromatic N) is 6. The van der Waals surface area contributed by atoms with Crippen molar-refractivity contribution in [3.8, 4) is 5.75 Å². The first-order valence-electron chi connectivity index (χ1n) is 20.1. The van der Waals surface area contributed by atoms with Crippen molar-refractivity contribution >= 4 is 57.6 Å². The summed E-state index contributed by atoms with van der Waals surface area (Å²) >= 11 is 6.41. The third kappa shape index (κ3) is 8.74. The normalized spacial score (nSPS) is 21.4. The summed E-state index contributed by atoms with van der Waals surface area (Å²) in [5.41, 5.74) is 0.643. The largest absolute Gasteiger partial charge is 0.494 e. The number of urea groups is 1. The van der Waals surface area contributed by atoms with Gasteiger partial charge in [0.05, 0.1) is 35.1 Å². The van der Waals surface area contributed by atoms with Gasteiger partial charge in [0, 0.05) is 55.8 Å². The molecular weight excluding hydrogens is 789 g/mol. The number of piperidine rings is 2. The van der Waals surface area contributed by atoms with E-state index in [0.29, 0.717) is 52.2 Å². The summed E-state index contributed by atoms with van der Waals surface area (Å²) in [5.74, 6) is -0.254. The lowest BCUT2D eigenvalue weighted by molar-refractivity contribution is -0.141. The van der Waals surface area contributed by atoms with Crippen LogP contribution in [-0.2, 0) is 11.0 Å². The molecule has 1 spiro atoms. The standard InChI is InChI=1S/C42H46ClF3N8O5/c1-59-35-23-32-28(21-33(35)48-38(56)31-3-2-4-36(47-31)42(44,45)46)25-54(50-32)29-8-5-26(6-9-29)24-51-17-12-41(13-18-51)14-19-52(20-15-41)39(57)27-7-10-30(43)34(22-27)53-16-11-37(55)49-40(53)58/h2-4,7,10,21-23,25-26,29H,5-6,8-9,11-20,24H2,1H3,(H,48,56)(H,49,55,58)/t26-,29-. The molecule has 4 aromatic rings. The van der Waals surface area contributed by atoms with Crippen molar-refractivity contribution in [3.05, 3.63) is 76.7 Å². The Hall–Kier alpha value is -5.22. The van der Waals surface area contributed by atoms with Gasteiger partial charge in [-0.1, -0.05) is 17.7 Å². The molecule has 4 aliphatic rings. The molecule has 0 atom stereocenters. The fourth-order valence-corrected chi connectivity index (χ4v) is 9.33. The molecule has 3 saturated heterocycles. The molecule has 5 amide bonds. The molecule has 5 heterocycles. The molecular formula is C42H46ClF3N8O5. The summed E-state index contributed by atoms with van der Waals surface area (Å²) in [6, 6.07) is 11.3. The van der Waals surface area contributed by atoms with Crippen LogP contribution >= 0.6 is 11.6 Å². The highest BCUT2D eigenvalue weighted by molar-refractivity contribution is 6.34. The Morgan fingerprint density at radius 2 is 1.69 bits per heavy atom. The van der Waals surface area contributed by atoms with Crippen LogP contribution in [0, 0.1) is 11.3 Å². The highest BCUT2D eigenvalue weighted by Gasteiger charge is 2.40. The van der Waals surface area contributed by atoms with Crippen LogP contribution in [0.5, 0.6) is 5.75 Å². The molecule has 3 aliphatic heterocycles. The number of halogens is 4. The van der Waals surface area contributed by atoms with Crippen LogP contribution in [0.25, 0.3) is 10.9 Å². The lowest BCUT2D eigenvalue weighted by atomic mass is 9.71. The number of alkyl halides is 3. The Labute approximate surface area is 344 Å². The van der Waals surface area contributed by atoms with Crippen LogP contribution < -0.4 is 20.3 Å². The smallest absolute Gasteiger partial charge is 0.433 e. The van der Waals surface area contributed by atoms with Crippen molar-refractivity contribution in [2.45, 2.75) is 70.0 Å². The molecule has 0 radical (unpaired) electrons. The number of fused-ring (bicyclic) bond motifs is 1. The van der Waals surface area contributed by atoms with Crippen molar-refractivity contribution < 1.29 is 37.1 Å². The molecule has 8 rings (SSSR count). The number of nitrogens with one attached hydrogen (secondary N) is 2. The summed E-state index contributed by atoms with van der Waals surface area (Å²) in [5, 5.41) is 10.9. The number of methoxy groups -OCH3 is 1. The first-order valence-corrected chi connectivity index (χ1v) is 20.5. The number of carbonyl (C=O) groups is 4. The summed E-state index contributed by atoms with van der Waals surface area (Å²) in [7, 11) is 1.46. The number of aromatic nitrogens is 3. The summed E-state index contributed by atoms with van der Waals surface area (Å²) in [4.78, 5) is 60.0. The number of anilines is 2. The van der Waals surface area contributed by atoms with E-state index in [1.165, 1.54) is 18.1 Å². The Morgan fingerprint density at radius 3 is 2.39 bits per heavy atom. The zero-order chi connectivity index (χ0) is 41.5. The van der Waals surface area contributed by atoms with Gasteiger partial charge in [-0.3, -0.25) is 29.3 Å². The Balaban J connectivity index is 0.808. The maximum absolute atomic E-state index is 13.6. The number of hydrogen-bond acceptors (Lipinski definition) is 8. The highest BCUT2D eigenvalue weighted by atomic mass is 35.5. The van der Waals surface area contributed by atoms with Crippen molar-refractivity contribution in [3.63, 3.8) is 0 Å². The third-order valence-electron chi connectivity index (χ3n) is 12.6. The number of benzene rings is 2. The van der Waals surface area contributed by atoms with Gasteiger partial charge in [0.25, 0.3) is 11.8 Å². The molecule has 13 nitrogen and oxygen atoms in total. The summed E-state index contributed by atoms with van der Waals surface area (Å²) in [6.07, 6.45) is 5.74. The van der Waals surface area contributed by atoms with Gasteiger partial charge in [-0.05, 0) is 112 Å². The molecule has 0 unspecified atom stereocenters. The summed E-state index contributed by atoms with van der Waals surface area (Å²) < 4.78 is 47.0. The third-order valence-corrected chi connectivity index (χ3v) is 13.0. The van der Waals surface area contributed by atoms with Gasteiger partial charge >= 0.3 is 12.2 Å². The number of rotatable bonds is 8. The Morgan fingerprint density at radius 1 is 0.966 bits per heavy atom. The zero-order valence-electron chi connectivity index (χ0n) is 32.7. The van der Waals surface area contributed by atoms with Crippen molar-refractivity contribution in [2.75, 3.05) is 56.6 Å². The minimum atomic E-state index is -4.67. The van der Waals surface area contributed by atoms with E-state index in [9.17, 15) is 32.3 Å². The SMILES string of the molecule is COc1cc2nn([C@H]3CC[C@H](CN4CCC5(CC4)CCN(C(=O)c4ccc(Cl)c(N6CCC(=O)NC6=O)c4)CC5)CC3)cc2cc1NC(=O)c1cccc(C(F)(F)F)n1. The number of ether oxygens (including phenoxy) is 1. The maximum Gasteiger partial charge on any atom is 0.433 e. The lowest BCUT2D eigenvalue weighted by Crippen LogP contribution is -2.50. The average Bonchev–Trinajstić information content (AvgIpc) is 3.65. The lowest BCUT2D eigenvalue weighted by Gasteiger charge is -2.47. The second-order valence-corrected chi connectivity index (χ2v) is 16.7. The van der Waals surface area contributed by atoms with Gasteiger partial charge in [0.2, 0.25) is 5.91 Å². The first kappa shape index (κ1) is 40.6. The number of amides is 5. The van der Waals surface area contributed by atoms with E-state index < -0.39 is 23.8 Å². The predicted molar refractivity (Wildman–Crippen MR) is 215 cm³/mol. The highest BCUT2D eigenvalue weighted by Crippen LogP contribution is 2.43. The maximum atomic E-state index is 13.6. The van der Waals surface area contributed by atoms with Gasteiger partial charge in [0.1, 0.15) is 17.1 Å². The number of carbonyl (C=O) groups excluding carboxylic acids is 4. The monoisotopic (exact) mass is 834 g/mol. The number of pyridine rings is 1. The molecule has 2 aromatic heterocycles. The van der Waals surface area contributed by atoms with Gasteiger partial charge in [0.15, 0.2) is 0 Å². The minimum Gasteiger partial charge on any atom is -0.494 e. The van der Waals surface area contributed by atoms with E-state index in [1.54, 1.807) is 30.3 Å². The van der Waals surface area contributed by atoms with Crippen LogP contribution in [0.3, 0.4) is 0 Å². The predicted octanol–water partition coefficient (Wildman–Crippen LogP) is 7.56. The number of imide groups is 1. The molecule has 17 heteroatoms. The van der Waals surface area contributed by atoms with Crippen LogP contribution in [0.2, 0.25) is 5.02 Å². The minimum absolute atomic E-state index is 0.0780. The van der Waals surface area contributed by atoms with Crippen LogP contribution in [0.1, 0.15) is 90.4 Å². The van der Waals surface area contributed by atoms with E-state index in [1.807, 2.05) is 15.8 Å². The quantitative estimate of drug-likeness (QED) is 0.185. The average molecular weight is 835 g/mol. The molecule has 312 valence electrons. The van der Waals surface area contributed by atoms with Crippen molar-refractivity contribution in [2.24, 2.45) is 11.3 Å². The Bertz CT molecular complexity index is 2260. The molecule has 59 heavy (non-hydrogen) atoms. The zero-order valence-corrected chi connectivity index (χ0v) is 33.4. The van der Waals surface area contributed by atoms with Crippen LogP contribution in [0.4, 0.5) is 29.3 Å². The van der Waals surface area contributed by atoms with Gasteiger partial charge in [-0.25, -0.2) is 9.78 Å². The molecule has 2 N–H and O–H groups in total. The summed E-state index contributed by atoms with van der Waals surface area (Å²) in [6.45, 7) is 4.73. The molecule has 1 saturated carbocycles. The number of hydrogen-bond donors (Lipinski definition) is 2. The molecule has 4 fully saturated rings. The second-order valence-electron chi connectivity index (χ2n) is 16.3. The van der Waals surface area contributed by atoms with E-state index in [4.69, 9.17) is 21.4 Å². The van der Waals surface area contributed by atoms with Gasteiger partial charge in [-0.15, -0.1) is 0 Å². The van der Waals surface area contributed by atoms with E-state index in [0.717, 1.165) is 88.5 Å².